The minimum atomic E-state index is -1.25. The molecule has 0 amide bonds. The van der Waals surface area contributed by atoms with Crippen LogP contribution in [0, 0.1) is 6.92 Å². The fourth-order valence-electron chi connectivity index (χ4n) is 2.98. The van der Waals surface area contributed by atoms with Crippen molar-refractivity contribution >= 4 is 28.4 Å². The fourth-order valence-corrected chi connectivity index (χ4v) is 4.58. The van der Waals surface area contributed by atoms with Crippen LogP contribution in [-0.4, -0.2) is 33.1 Å². The summed E-state index contributed by atoms with van der Waals surface area (Å²) in [6.45, 7) is 7.22. The maximum absolute atomic E-state index is 13.3. The van der Waals surface area contributed by atoms with Gasteiger partial charge in [-0.3, -0.25) is 0 Å². The van der Waals surface area contributed by atoms with Crippen molar-refractivity contribution < 1.29 is 4.21 Å². The summed E-state index contributed by atoms with van der Waals surface area (Å²) >= 11 is 6.31. The number of nitrogens with zero attached hydrogens (tertiary/aromatic N) is 3. The third kappa shape index (κ3) is 4.22. The maximum atomic E-state index is 13.3. The topological polar surface area (TPSA) is 36.4 Å². The Kier molecular flexibility index (Phi) is 6.10. The highest BCUT2D eigenvalue weighted by Crippen LogP contribution is 2.29. The second-order valence-electron chi connectivity index (χ2n) is 6.38. The van der Waals surface area contributed by atoms with Gasteiger partial charge in [0.1, 0.15) is 16.8 Å². The number of anilines is 1. The summed E-state index contributed by atoms with van der Waals surface area (Å²) in [5.41, 5.74) is 2.03. The smallest absolute Gasteiger partial charge is 0.146 e. The largest absolute Gasteiger partial charge is 0.354 e. The molecule has 0 N–H and O–H groups in total. The Morgan fingerprint density at radius 3 is 2.84 bits per heavy atom. The molecule has 0 bridgehead atoms. The lowest BCUT2D eigenvalue weighted by Gasteiger charge is -2.23. The van der Waals surface area contributed by atoms with E-state index in [1.165, 1.54) is 0 Å². The van der Waals surface area contributed by atoms with Crippen LogP contribution >= 0.6 is 11.6 Å². The molecule has 0 fully saturated rings. The van der Waals surface area contributed by atoms with Crippen LogP contribution in [0.15, 0.2) is 41.4 Å². The molecule has 1 aromatic carbocycles. The molecule has 0 aliphatic carbocycles. The molecule has 0 spiro atoms. The number of halogens is 1. The van der Waals surface area contributed by atoms with Crippen LogP contribution in [0.25, 0.3) is 0 Å². The van der Waals surface area contributed by atoms with E-state index >= 15 is 0 Å². The maximum Gasteiger partial charge on any atom is 0.146 e. The van der Waals surface area contributed by atoms with Crippen LogP contribution in [0.4, 0.5) is 5.82 Å². The number of fused-ring (bicyclic) bond motifs is 1. The summed E-state index contributed by atoms with van der Waals surface area (Å²) in [6, 6.07) is 9.76. The van der Waals surface area contributed by atoms with Gasteiger partial charge in [-0.15, -0.1) is 0 Å². The minimum absolute atomic E-state index is 0.571. The Hall–Kier alpha value is -1.43. The van der Waals surface area contributed by atoms with Crippen molar-refractivity contribution in [2.24, 2.45) is 0 Å². The molecule has 1 aliphatic rings. The third-order valence-corrected chi connectivity index (χ3v) is 6.22. The molecule has 4 nitrogen and oxygen atoms in total. The van der Waals surface area contributed by atoms with Crippen molar-refractivity contribution in [3.8, 4) is 0 Å². The van der Waals surface area contributed by atoms with Gasteiger partial charge in [-0.1, -0.05) is 43.1 Å². The van der Waals surface area contributed by atoms with Crippen molar-refractivity contribution in [3.63, 3.8) is 0 Å². The molecule has 134 valence electrons. The van der Waals surface area contributed by atoms with Crippen LogP contribution in [-0.2, 0) is 17.5 Å². The highest BCUT2D eigenvalue weighted by atomic mass is 35.5. The van der Waals surface area contributed by atoms with Crippen LogP contribution in [0.1, 0.15) is 30.9 Å². The Morgan fingerprint density at radius 1 is 1.28 bits per heavy atom. The summed E-state index contributed by atoms with van der Waals surface area (Å²) in [5.74, 6) is 0.860. The molecule has 25 heavy (non-hydrogen) atoms. The van der Waals surface area contributed by atoms with E-state index < -0.39 is 11.0 Å². The van der Waals surface area contributed by atoms with E-state index in [1.807, 2.05) is 47.8 Å². The first-order chi connectivity index (χ1) is 12.1. The normalized spacial score (nSPS) is 18.0. The number of hydrogen-bond acceptors (Lipinski definition) is 3. The summed E-state index contributed by atoms with van der Waals surface area (Å²) in [5, 5.41) is 0.717. The molecule has 0 saturated heterocycles. The number of unbranched alkanes of at least 4 members (excludes halogenated alkanes) is 1. The zero-order chi connectivity index (χ0) is 17.8. The highest BCUT2D eigenvalue weighted by Gasteiger charge is 2.27. The van der Waals surface area contributed by atoms with Crippen molar-refractivity contribution in [2.45, 2.75) is 38.1 Å². The van der Waals surface area contributed by atoms with E-state index in [4.69, 9.17) is 11.6 Å². The average Bonchev–Trinajstić information content (AvgIpc) is 2.73. The predicted octanol–water partition coefficient (Wildman–Crippen LogP) is 4.19. The van der Waals surface area contributed by atoms with E-state index in [0.29, 0.717) is 11.6 Å². The standard InChI is InChI=1S/C19H24ClN3OS/c1-3-4-9-22-10-11-23(14-16-7-5-6-8-17(16)20)25(24)18-12-15(2)13-21-19(18)22/h5-8,12-13H,3-4,9-11,14H2,1-2H3. The first-order valence-electron chi connectivity index (χ1n) is 8.72. The lowest BCUT2D eigenvalue weighted by Crippen LogP contribution is -2.33. The van der Waals surface area contributed by atoms with Crippen LogP contribution < -0.4 is 4.90 Å². The van der Waals surface area contributed by atoms with Crippen molar-refractivity contribution in [2.75, 3.05) is 24.5 Å². The third-order valence-electron chi connectivity index (χ3n) is 4.40. The number of aryl methyl sites for hydroxylation is 1. The van der Waals surface area contributed by atoms with E-state index in [-0.39, 0.29) is 0 Å². The van der Waals surface area contributed by atoms with Gasteiger partial charge in [0.15, 0.2) is 0 Å². The number of rotatable bonds is 5. The molecule has 1 atom stereocenters. The summed E-state index contributed by atoms with van der Waals surface area (Å²) < 4.78 is 15.2. The fraction of sp³-hybridized carbons (Fsp3) is 0.421. The molecule has 3 rings (SSSR count). The van der Waals surface area contributed by atoms with Gasteiger partial charge < -0.3 is 4.90 Å². The molecule has 1 aromatic heterocycles. The molecule has 6 heteroatoms. The van der Waals surface area contributed by atoms with Crippen molar-refractivity contribution in [3.05, 3.63) is 52.7 Å². The Labute approximate surface area is 157 Å². The van der Waals surface area contributed by atoms with Gasteiger partial charge in [0.05, 0.1) is 4.90 Å². The predicted molar refractivity (Wildman–Crippen MR) is 104 cm³/mol. The second-order valence-corrected chi connectivity index (χ2v) is 8.24. The van der Waals surface area contributed by atoms with Crippen LogP contribution in [0.5, 0.6) is 0 Å². The van der Waals surface area contributed by atoms with Gasteiger partial charge in [-0.25, -0.2) is 13.5 Å². The minimum Gasteiger partial charge on any atom is -0.354 e. The number of hydrogen-bond donors (Lipinski definition) is 0. The van der Waals surface area contributed by atoms with Gasteiger partial charge in [-0.05, 0) is 36.6 Å². The van der Waals surface area contributed by atoms with Crippen LogP contribution in [0.2, 0.25) is 5.02 Å². The molecular formula is C19H24ClN3OS. The van der Waals surface area contributed by atoms with Gasteiger partial charge in [-0.2, -0.15) is 0 Å². The van der Waals surface area contributed by atoms with Crippen molar-refractivity contribution in [1.29, 1.82) is 0 Å². The van der Waals surface area contributed by atoms with Gasteiger partial charge >= 0.3 is 0 Å². The van der Waals surface area contributed by atoms with Crippen molar-refractivity contribution in [1.82, 2.24) is 9.29 Å². The molecule has 2 aromatic rings. The van der Waals surface area contributed by atoms with Gasteiger partial charge in [0.2, 0.25) is 0 Å². The average molecular weight is 378 g/mol. The Bertz CT molecular complexity index is 768. The van der Waals surface area contributed by atoms with E-state index in [2.05, 4.69) is 16.8 Å². The molecule has 0 saturated carbocycles. The lowest BCUT2D eigenvalue weighted by molar-refractivity contribution is 0.447. The van der Waals surface area contributed by atoms with E-state index in [1.54, 1.807) is 0 Å². The highest BCUT2D eigenvalue weighted by molar-refractivity contribution is 7.82. The summed E-state index contributed by atoms with van der Waals surface area (Å²) in [6.07, 6.45) is 4.09. The molecular weight excluding hydrogens is 354 g/mol. The molecule has 1 unspecified atom stereocenters. The molecule has 1 aliphatic heterocycles. The second kappa shape index (κ2) is 8.30. The van der Waals surface area contributed by atoms with Gasteiger partial charge in [0.25, 0.3) is 0 Å². The summed E-state index contributed by atoms with van der Waals surface area (Å²) in [4.78, 5) is 7.68. The van der Waals surface area contributed by atoms with Crippen LogP contribution in [0.3, 0.4) is 0 Å². The van der Waals surface area contributed by atoms with Gasteiger partial charge in [0, 0.05) is 37.4 Å². The number of aromatic nitrogens is 1. The molecule has 2 heterocycles. The summed E-state index contributed by atoms with van der Waals surface area (Å²) in [7, 11) is -1.25. The zero-order valence-corrected chi connectivity index (χ0v) is 16.3. The van der Waals surface area contributed by atoms with E-state index in [9.17, 15) is 4.21 Å². The van der Waals surface area contributed by atoms with E-state index in [0.717, 1.165) is 54.3 Å². The SMILES string of the molecule is CCCCN1CCN(Cc2ccccc2Cl)S(=O)c2cc(C)cnc21. The first-order valence-corrected chi connectivity index (χ1v) is 10.2. The Morgan fingerprint density at radius 2 is 2.08 bits per heavy atom. The number of pyridine rings is 1. The quantitative estimate of drug-likeness (QED) is 0.783. The first kappa shape index (κ1) is 18.4. The monoisotopic (exact) mass is 377 g/mol. The lowest BCUT2D eigenvalue weighted by atomic mass is 10.2. The number of benzene rings is 1. The molecule has 0 radical (unpaired) electrons. The zero-order valence-electron chi connectivity index (χ0n) is 14.7. The Balaban J connectivity index is 1.91.